The monoisotopic (exact) mass is 217 g/mol. The molecule has 14 heavy (non-hydrogen) atoms. The Morgan fingerprint density at radius 3 is 2.71 bits per heavy atom. The van der Waals surface area contributed by atoms with Crippen molar-refractivity contribution >= 4 is 11.6 Å². The lowest BCUT2D eigenvalue weighted by Crippen LogP contribution is -2.08. The smallest absolute Gasteiger partial charge is 0.179 e. The van der Waals surface area contributed by atoms with Gasteiger partial charge in [-0.05, 0) is 24.1 Å². The molecule has 1 rings (SSSR count). The fraction of sp³-hybridized carbons (Fsp3) is 0.333. The molecule has 5 heteroatoms. The molecule has 1 aromatic rings. The first-order valence-electron chi connectivity index (χ1n) is 4.03. The Morgan fingerprint density at radius 2 is 2.21 bits per heavy atom. The number of benzene rings is 1. The molecular weight excluding hydrogens is 206 g/mol. The average Bonchev–Trinajstić information content (AvgIpc) is 2.12. The molecule has 78 valence electrons. The van der Waals surface area contributed by atoms with E-state index in [1.807, 2.05) is 5.48 Å². The van der Waals surface area contributed by atoms with Gasteiger partial charge in [0.2, 0.25) is 0 Å². The van der Waals surface area contributed by atoms with E-state index >= 15 is 0 Å². The van der Waals surface area contributed by atoms with Gasteiger partial charge < -0.3 is 15.1 Å². The van der Waals surface area contributed by atoms with Crippen molar-refractivity contribution < 1.29 is 15.1 Å². The van der Waals surface area contributed by atoms with Crippen LogP contribution in [0.1, 0.15) is 11.1 Å². The molecule has 0 aromatic heterocycles. The van der Waals surface area contributed by atoms with Crippen molar-refractivity contribution in [2.75, 3.05) is 7.11 Å². The molecule has 1 aromatic carbocycles. The molecule has 3 N–H and O–H groups in total. The highest BCUT2D eigenvalue weighted by Crippen LogP contribution is 2.38. The Balaban J connectivity index is 3.28. The second-order valence-electron chi connectivity index (χ2n) is 2.87. The Hall–Kier alpha value is -0.970. The van der Waals surface area contributed by atoms with Gasteiger partial charge in [0.05, 0.1) is 12.1 Å². The van der Waals surface area contributed by atoms with E-state index < -0.39 is 0 Å². The van der Waals surface area contributed by atoms with Crippen LogP contribution in [0.3, 0.4) is 0 Å². The number of nitrogens with one attached hydrogen (secondary N) is 1. The molecule has 0 unspecified atom stereocenters. The van der Waals surface area contributed by atoms with Gasteiger partial charge in [0.15, 0.2) is 11.5 Å². The van der Waals surface area contributed by atoms with E-state index in [1.54, 1.807) is 6.92 Å². The molecule has 0 atom stereocenters. The van der Waals surface area contributed by atoms with E-state index in [9.17, 15) is 5.11 Å². The van der Waals surface area contributed by atoms with Gasteiger partial charge in [-0.25, -0.2) is 5.48 Å². The van der Waals surface area contributed by atoms with Crippen molar-refractivity contribution in [3.05, 3.63) is 22.2 Å². The molecule has 4 nitrogen and oxygen atoms in total. The van der Waals surface area contributed by atoms with Gasteiger partial charge in [0, 0.05) is 6.54 Å². The Morgan fingerprint density at radius 1 is 1.57 bits per heavy atom. The van der Waals surface area contributed by atoms with E-state index in [0.717, 1.165) is 5.56 Å². The highest BCUT2D eigenvalue weighted by atomic mass is 35.5. The van der Waals surface area contributed by atoms with Crippen molar-refractivity contribution in [2.24, 2.45) is 0 Å². The van der Waals surface area contributed by atoms with Crippen LogP contribution in [-0.2, 0) is 6.54 Å². The van der Waals surface area contributed by atoms with Gasteiger partial charge in [-0.15, -0.1) is 0 Å². The van der Waals surface area contributed by atoms with Crippen LogP contribution in [0.25, 0.3) is 0 Å². The SMILES string of the molecule is COc1c(O)cc(C)c(CNO)c1Cl. The lowest BCUT2D eigenvalue weighted by atomic mass is 10.1. The van der Waals surface area contributed by atoms with Crippen LogP contribution in [-0.4, -0.2) is 17.4 Å². The number of hydrogen-bond acceptors (Lipinski definition) is 4. The molecule has 0 aliphatic rings. The van der Waals surface area contributed by atoms with E-state index in [0.29, 0.717) is 10.6 Å². The maximum Gasteiger partial charge on any atom is 0.179 e. The fourth-order valence-corrected chi connectivity index (χ4v) is 1.66. The molecular formula is C9H12ClNO3. The van der Waals surface area contributed by atoms with Gasteiger partial charge in [0.1, 0.15) is 0 Å². The molecule has 0 aliphatic heterocycles. The Bertz CT molecular complexity index is 341. The van der Waals surface area contributed by atoms with Crippen molar-refractivity contribution in [3.8, 4) is 11.5 Å². The minimum Gasteiger partial charge on any atom is -0.504 e. The van der Waals surface area contributed by atoms with Crippen LogP contribution >= 0.6 is 11.6 Å². The number of methoxy groups -OCH3 is 1. The summed E-state index contributed by atoms with van der Waals surface area (Å²) in [6, 6.07) is 1.54. The minimum absolute atomic E-state index is 0.00307. The summed E-state index contributed by atoms with van der Waals surface area (Å²) in [6.45, 7) is 2.00. The van der Waals surface area contributed by atoms with Crippen LogP contribution in [0, 0.1) is 6.92 Å². The Labute approximate surface area is 87.0 Å². The first kappa shape index (κ1) is 11.1. The number of phenolic OH excluding ortho intramolecular Hbond substituents is 1. The molecule has 0 saturated carbocycles. The summed E-state index contributed by atoms with van der Waals surface area (Å²) in [5.41, 5.74) is 3.50. The maximum atomic E-state index is 9.47. The van der Waals surface area contributed by atoms with Crippen molar-refractivity contribution in [3.63, 3.8) is 0 Å². The van der Waals surface area contributed by atoms with E-state index in [2.05, 4.69) is 0 Å². The second kappa shape index (κ2) is 4.50. The zero-order chi connectivity index (χ0) is 10.7. The van der Waals surface area contributed by atoms with Crippen LogP contribution in [0.5, 0.6) is 11.5 Å². The molecule has 0 aliphatic carbocycles. The molecule has 0 radical (unpaired) electrons. The van der Waals surface area contributed by atoms with Gasteiger partial charge >= 0.3 is 0 Å². The van der Waals surface area contributed by atoms with Gasteiger partial charge in [-0.3, -0.25) is 0 Å². The quantitative estimate of drug-likeness (QED) is 0.677. The van der Waals surface area contributed by atoms with Crippen molar-refractivity contribution in [2.45, 2.75) is 13.5 Å². The predicted octanol–water partition coefficient (Wildman–Crippen LogP) is 1.84. The average molecular weight is 218 g/mol. The fourth-order valence-electron chi connectivity index (χ4n) is 1.27. The number of aryl methyl sites for hydroxylation is 1. The highest BCUT2D eigenvalue weighted by Gasteiger charge is 2.14. The van der Waals surface area contributed by atoms with Crippen molar-refractivity contribution in [1.29, 1.82) is 0 Å². The molecule has 0 fully saturated rings. The predicted molar refractivity (Wildman–Crippen MR) is 53.0 cm³/mol. The Kier molecular flexibility index (Phi) is 3.57. The number of phenols is 1. The first-order valence-corrected chi connectivity index (χ1v) is 4.41. The third-order valence-electron chi connectivity index (χ3n) is 1.99. The zero-order valence-electron chi connectivity index (χ0n) is 7.97. The zero-order valence-corrected chi connectivity index (χ0v) is 8.72. The number of rotatable bonds is 3. The summed E-state index contributed by atoms with van der Waals surface area (Å²) >= 11 is 5.96. The molecule has 0 bridgehead atoms. The number of hydrogen-bond donors (Lipinski definition) is 3. The van der Waals surface area contributed by atoms with E-state index in [-0.39, 0.29) is 18.0 Å². The standard InChI is InChI=1S/C9H12ClNO3/c1-5-3-7(12)9(14-2)8(10)6(5)4-11-13/h3,11-13H,4H2,1-2H3. The normalized spacial score (nSPS) is 10.3. The second-order valence-corrected chi connectivity index (χ2v) is 3.25. The molecule has 0 amide bonds. The molecule has 0 spiro atoms. The molecule has 0 heterocycles. The first-order chi connectivity index (χ1) is 6.61. The van der Waals surface area contributed by atoms with E-state index in [1.165, 1.54) is 13.2 Å². The number of halogens is 1. The summed E-state index contributed by atoms with van der Waals surface area (Å²) in [7, 11) is 1.42. The van der Waals surface area contributed by atoms with Crippen LogP contribution < -0.4 is 10.2 Å². The van der Waals surface area contributed by atoms with Crippen molar-refractivity contribution in [1.82, 2.24) is 5.48 Å². The minimum atomic E-state index is -0.00307. The third kappa shape index (κ3) is 1.92. The lowest BCUT2D eigenvalue weighted by Gasteiger charge is -2.12. The summed E-state index contributed by atoms with van der Waals surface area (Å²) in [5, 5.41) is 18.4. The lowest BCUT2D eigenvalue weighted by molar-refractivity contribution is 0.161. The molecule has 0 saturated heterocycles. The summed E-state index contributed by atoms with van der Waals surface area (Å²) in [6.07, 6.45) is 0. The largest absolute Gasteiger partial charge is 0.504 e. The van der Waals surface area contributed by atoms with Crippen LogP contribution in [0.4, 0.5) is 0 Å². The number of hydroxylamine groups is 1. The maximum absolute atomic E-state index is 9.47. The van der Waals surface area contributed by atoms with Crippen LogP contribution in [0.2, 0.25) is 5.02 Å². The van der Waals surface area contributed by atoms with Gasteiger partial charge in [0.25, 0.3) is 0 Å². The summed E-state index contributed by atoms with van der Waals surface area (Å²) in [4.78, 5) is 0. The third-order valence-corrected chi connectivity index (χ3v) is 2.39. The van der Waals surface area contributed by atoms with Crippen LogP contribution in [0.15, 0.2) is 6.07 Å². The number of aromatic hydroxyl groups is 1. The van der Waals surface area contributed by atoms with E-state index in [4.69, 9.17) is 21.5 Å². The summed E-state index contributed by atoms with van der Waals surface area (Å²) < 4.78 is 4.93. The van der Waals surface area contributed by atoms with Gasteiger partial charge in [-0.2, -0.15) is 0 Å². The topological polar surface area (TPSA) is 61.7 Å². The highest BCUT2D eigenvalue weighted by molar-refractivity contribution is 6.33. The number of ether oxygens (including phenoxy) is 1. The van der Waals surface area contributed by atoms with Gasteiger partial charge in [-0.1, -0.05) is 11.6 Å². The summed E-state index contributed by atoms with van der Waals surface area (Å²) in [5.74, 6) is 0.221.